The maximum Gasteiger partial charge on any atom is 0.246 e. The molecule has 0 radical (unpaired) electrons. The average molecular weight is 318 g/mol. The molecule has 2 aliphatic rings. The fraction of sp³-hybridized carbons (Fsp3) is 0.538. The summed E-state index contributed by atoms with van der Waals surface area (Å²) in [6.45, 7) is 3.06. The predicted molar refractivity (Wildman–Crippen MR) is 71.3 cm³/mol. The summed E-state index contributed by atoms with van der Waals surface area (Å²) in [4.78, 5) is 1.70. The van der Waals surface area contributed by atoms with Crippen LogP contribution in [0.1, 0.15) is 0 Å². The third-order valence-corrected chi connectivity index (χ3v) is 5.81. The molecule has 21 heavy (non-hydrogen) atoms. The molecule has 2 heterocycles. The van der Waals surface area contributed by atoms with Gasteiger partial charge in [0.25, 0.3) is 0 Å². The van der Waals surface area contributed by atoms with Crippen LogP contribution in [-0.4, -0.2) is 63.1 Å². The van der Waals surface area contributed by atoms with Gasteiger partial charge in [0.15, 0.2) is 0 Å². The van der Waals surface area contributed by atoms with E-state index in [4.69, 9.17) is 4.74 Å². The highest BCUT2D eigenvalue weighted by molar-refractivity contribution is 7.89. The molecule has 0 N–H and O–H groups in total. The van der Waals surface area contributed by atoms with E-state index >= 15 is 0 Å². The molecule has 8 heteroatoms. The number of morpholine rings is 1. The van der Waals surface area contributed by atoms with Crippen LogP contribution in [0.2, 0.25) is 0 Å². The van der Waals surface area contributed by atoms with Gasteiger partial charge in [0.2, 0.25) is 10.0 Å². The second-order valence-electron chi connectivity index (χ2n) is 5.20. The Balaban J connectivity index is 1.85. The van der Waals surface area contributed by atoms with Gasteiger partial charge < -0.3 is 4.74 Å². The molecule has 0 saturated carbocycles. The molecule has 2 fully saturated rings. The van der Waals surface area contributed by atoms with Gasteiger partial charge in [0.05, 0.1) is 13.2 Å². The number of halogens is 2. The molecule has 0 unspecified atom stereocenters. The molecule has 3 rings (SSSR count). The normalized spacial score (nSPS) is 24.8. The van der Waals surface area contributed by atoms with E-state index in [0.29, 0.717) is 32.4 Å². The number of piperazine rings is 1. The van der Waals surface area contributed by atoms with Crippen LogP contribution in [0.4, 0.5) is 8.78 Å². The van der Waals surface area contributed by atoms with Crippen LogP contribution in [-0.2, 0) is 14.8 Å². The van der Waals surface area contributed by atoms with E-state index in [1.165, 1.54) is 4.31 Å². The standard InChI is InChI=1S/C13H16F2N2O3S/c14-10-1-2-13(12(15)7-10)21(18,19)17-4-3-16-5-6-20-9-11(16)8-17/h1-2,7,11H,3-6,8-9H2/t11-/m0/s1. The second kappa shape index (κ2) is 5.60. The van der Waals surface area contributed by atoms with Crippen LogP contribution in [0.5, 0.6) is 0 Å². The van der Waals surface area contributed by atoms with Gasteiger partial charge in [-0.3, -0.25) is 4.90 Å². The van der Waals surface area contributed by atoms with E-state index in [2.05, 4.69) is 4.90 Å². The van der Waals surface area contributed by atoms with E-state index in [0.717, 1.165) is 18.7 Å². The smallest absolute Gasteiger partial charge is 0.246 e. The van der Waals surface area contributed by atoms with Crippen molar-refractivity contribution in [1.29, 1.82) is 0 Å². The van der Waals surface area contributed by atoms with E-state index < -0.39 is 26.6 Å². The fourth-order valence-electron chi connectivity index (χ4n) is 2.76. The number of hydrogen-bond acceptors (Lipinski definition) is 4. The van der Waals surface area contributed by atoms with Crippen LogP contribution in [0.25, 0.3) is 0 Å². The number of nitrogens with zero attached hydrogens (tertiary/aromatic N) is 2. The lowest BCUT2D eigenvalue weighted by molar-refractivity contribution is -0.0305. The summed E-state index contributed by atoms with van der Waals surface area (Å²) in [7, 11) is -3.95. The minimum atomic E-state index is -3.95. The lowest BCUT2D eigenvalue weighted by Gasteiger charge is -2.43. The monoisotopic (exact) mass is 318 g/mol. The van der Waals surface area contributed by atoms with Gasteiger partial charge in [-0.15, -0.1) is 0 Å². The first kappa shape index (κ1) is 14.8. The predicted octanol–water partition coefficient (Wildman–Crippen LogP) is 0.670. The quantitative estimate of drug-likeness (QED) is 0.804. The number of rotatable bonds is 2. The lowest BCUT2D eigenvalue weighted by Crippen LogP contribution is -2.59. The number of hydrogen-bond donors (Lipinski definition) is 0. The average Bonchev–Trinajstić information content (AvgIpc) is 2.46. The van der Waals surface area contributed by atoms with Crippen LogP contribution in [0.3, 0.4) is 0 Å². The van der Waals surface area contributed by atoms with Crippen LogP contribution in [0, 0.1) is 11.6 Å². The Bertz CT molecular complexity index is 638. The van der Waals surface area contributed by atoms with E-state index in [1.807, 2.05) is 0 Å². The summed E-state index contributed by atoms with van der Waals surface area (Å²) in [5, 5.41) is 0. The third-order valence-electron chi connectivity index (χ3n) is 3.91. The maximum atomic E-state index is 13.8. The molecule has 0 amide bonds. The highest BCUT2D eigenvalue weighted by atomic mass is 32.2. The zero-order chi connectivity index (χ0) is 15.0. The summed E-state index contributed by atoms with van der Waals surface area (Å²) < 4.78 is 58.3. The SMILES string of the molecule is O=S(=O)(c1ccc(F)cc1F)N1CCN2CCOC[C@@H]2C1. The lowest BCUT2D eigenvalue weighted by atomic mass is 10.2. The molecule has 5 nitrogen and oxygen atoms in total. The zero-order valence-corrected chi connectivity index (χ0v) is 12.2. The molecule has 0 spiro atoms. The van der Waals surface area contributed by atoms with Crippen molar-refractivity contribution in [3.8, 4) is 0 Å². The molecule has 1 aromatic carbocycles. The van der Waals surface area contributed by atoms with Crippen molar-refractivity contribution < 1.29 is 21.9 Å². The summed E-state index contributed by atoms with van der Waals surface area (Å²) in [5.41, 5.74) is 0. The van der Waals surface area contributed by atoms with Gasteiger partial charge >= 0.3 is 0 Å². The van der Waals surface area contributed by atoms with Crippen molar-refractivity contribution in [2.24, 2.45) is 0 Å². The molecular formula is C13H16F2N2O3S. The first-order chi connectivity index (χ1) is 9.98. The Labute approximate surface area is 122 Å². The van der Waals surface area contributed by atoms with Crippen molar-refractivity contribution in [2.75, 3.05) is 39.4 Å². The highest BCUT2D eigenvalue weighted by Gasteiger charge is 2.36. The second-order valence-corrected chi connectivity index (χ2v) is 7.11. The van der Waals surface area contributed by atoms with Crippen molar-refractivity contribution in [2.45, 2.75) is 10.9 Å². The molecule has 0 bridgehead atoms. The molecular weight excluding hydrogens is 302 g/mol. The molecule has 2 saturated heterocycles. The number of ether oxygens (including phenoxy) is 1. The Morgan fingerprint density at radius 1 is 1.19 bits per heavy atom. The Kier molecular flexibility index (Phi) is 3.96. The largest absolute Gasteiger partial charge is 0.378 e. The van der Waals surface area contributed by atoms with E-state index in [-0.39, 0.29) is 12.6 Å². The van der Waals surface area contributed by atoms with Crippen molar-refractivity contribution in [3.05, 3.63) is 29.8 Å². The first-order valence-corrected chi connectivity index (χ1v) is 8.19. The van der Waals surface area contributed by atoms with Crippen molar-refractivity contribution >= 4 is 10.0 Å². The number of sulfonamides is 1. The van der Waals surface area contributed by atoms with Crippen molar-refractivity contribution in [3.63, 3.8) is 0 Å². The molecule has 1 atom stereocenters. The number of fused-ring (bicyclic) bond motifs is 1. The molecule has 0 aromatic heterocycles. The highest BCUT2D eigenvalue weighted by Crippen LogP contribution is 2.24. The Morgan fingerprint density at radius 2 is 2.00 bits per heavy atom. The van der Waals surface area contributed by atoms with Gasteiger partial charge in [-0.05, 0) is 12.1 Å². The minimum absolute atomic E-state index is 0.00853. The van der Waals surface area contributed by atoms with Crippen molar-refractivity contribution in [1.82, 2.24) is 9.21 Å². The topological polar surface area (TPSA) is 49.9 Å². The zero-order valence-electron chi connectivity index (χ0n) is 11.3. The Morgan fingerprint density at radius 3 is 2.76 bits per heavy atom. The molecule has 116 valence electrons. The fourth-order valence-corrected chi connectivity index (χ4v) is 4.27. The van der Waals surface area contributed by atoms with Gasteiger partial charge in [-0.25, -0.2) is 17.2 Å². The first-order valence-electron chi connectivity index (χ1n) is 6.75. The maximum absolute atomic E-state index is 13.8. The Hall–Kier alpha value is -1.09. The van der Waals surface area contributed by atoms with Gasteiger partial charge in [0, 0.05) is 38.3 Å². The third kappa shape index (κ3) is 2.80. The van der Waals surface area contributed by atoms with E-state index in [1.54, 1.807) is 0 Å². The van der Waals surface area contributed by atoms with Gasteiger partial charge in [0.1, 0.15) is 16.5 Å². The summed E-state index contributed by atoms with van der Waals surface area (Å²) >= 11 is 0. The molecule has 1 aromatic rings. The number of benzene rings is 1. The molecule has 0 aliphatic carbocycles. The van der Waals surface area contributed by atoms with Gasteiger partial charge in [-0.1, -0.05) is 0 Å². The van der Waals surface area contributed by atoms with Gasteiger partial charge in [-0.2, -0.15) is 4.31 Å². The summed E-state index contributed by atoms with van der Waals surface area (Å²) in [6, 6.07) is 2.51. The minimum Gasteiger partial charge on any atom is -0.378 e. The van der Waals surface area contributed by atoms with E-state index in [9.17, 15) is 17.2 Å². The van der Waals surface area contributed by atoms with Crippen LogP contribution < -0.4 is 0 Å². The summed E-state index contributed by atoms with van der Waals surface area (Å²) in [5.74, 6) is -1.85. The summed E-state index contributed by atoms with van der Waals surface area (Å²) in [6.07, 6.45) is 0. The van der Waals surface area contributed by atoms with Crippen LogP contribution in [0.15, 0.2) is 23.1 Å². The molecule has 2 aliphatic heterocycles. The van der Waals surface area contributed by atoms with Crippen LogP contribution >= 0.6 is 0 Å².